The number of benzene rings is 1. The maximum Gasteiger partial charge on any atom is 0.327 e. The van der Waals surface area contributed by atoms with Crippen molar-refractivity contribution in [2.75, 3.05) is 14.1 Å². The van der Waals surface area contributed by atoms with Crippen molar-refractivity contribution < 1.29 is 19.6 Å². The molecule has 0 fully saturated rings. The van der Waals surface area contributed by atoms with Gasteiger partial charge in [0.25, 0.3) is 5.69 Å². The molecule has 1 rings (SSSR count). The van der Waals surface area contributed by atoms with E-state index in [-0.39, 0.29) is 0 Å². The van der Waals surface area contributed by atoms with Crippen molar-refractivity contribution in [3.8, 4) is 5.75 Å². The van der Waals surface area contributed by atoms with Gasteiger partial charge in [-0.05, 0) is 0 Å². The lowest BCUT2D eigenvalue weighted by Gasteiger charge is -2.11. The lowest BCUT2D eigenvalue weighted by Crippen LogP contribution is -2.18. The summed E-state index contributed by atoms with van der Waals surface area (Å²) in [6.45, 7) is 0. The summed E-state index contributed by atoms with van der Waals surface area (Å²) in [6.07, 6.45) is 0. The van der Waals surface area contributed by atoms with E-state index in [0.29, 0.717) is 12.1 Å². The van der Waals surface area contributed by atoms with Crippen molar-refractivity contribution >= 4 is 17.1 Å². The van der Waals surface area contributed by atoms with Crippen LogP contribution in [0.1, 0.15) is 0 Å². The molecule has 11 nitrogen and oxygen atoms in total. The third-order valence-electron chi connectivity index (χ3n) is 1.91. The molecule has 1 aromatic rings. The number of hydrogen-bond donors (Lipinski definition) is 0. The summed E-state index contributed by atoms with van der Waals surface area (Å²) < 4.78 is 0. The maximum absolute atomic E-state index is 10.8. The lowest BCUT2D eigenvalue weighted by molar-refractivity contribution is -0.405. The molecular formula is C8H8N4O7. The number of nitro groups is 3. The van der Waals surface area contributed by atoms with Crippen molar-refractivity contribution in [1.29, 1.82) is 0 Å². The van der Waals surface area contributed by atoms with Crippen LogP contribution >= 0.6 is 0 Å². The van der Waals surface area contributed by atoms with E-state index in [0.717, 1.165) is 5.06 Å². The Morgan fingerprint density at radius 2 is 1.37 bits per heavy atom. The molecule has 0 radical (unpaired) electrons. The van der Waals surface area contributed by atoms with Gasteiger partial charge in [0.1, 0.15) is 0 Å². The lowest BCUT2D eigenvalue weighted by atomic mass is 10.2. The molecule has 0 atom stereocenters. The molecule has 0 aromatic heterocycles. The van der Waals surface area contributed by atoms with Gasteiger partial charge in [-0.15, -0.1) is 5.06 Å². The molecule has 0 aliphatic rings. The Morgan fingerprint density at radius 3 is 1.63 bits per heavy atom. The minimum atomic E-state index is -0.987. The first kappa shape index (κ1) is 14.2. The Hall–Kier alpha value is -2.82. The zero-order valence-electron chi connectivity index (χ0n) is 9.80. The molecule has 1 aromatic carbocycles. The van der Waals surface area contributed by atoms with Gasteiger partial charge in [0, 0.05) is 14.1 Å². The molecule has 0 bridgehead atoms. The van der Waals surface area contributed by atoms with Crippen LogP contribution < -0.4 is 4.84 Å². The Labute approximate surface area is 105 Å². The van der Waals surface area contributed by atoms with E-state index in [1.165, 1.54) is 14.1 Å². The molecule has 0 aliphatic carbocycles. The van der Waals surface area contributed by atoms with E-state index in [2.05, 4.69) is 0 Å². The van der Waals surface area contributed by atoms with Gasteiger partial charge in [-0.2, -0.15) is 0 Å². The summed E-state index contributed by atoms with van der Waals surface area (Å²) >= 11 is 0. The van der Waals surface area contributed by atoms with Crippen LogP contribution in [0.25, 0.3) is 0 Å². The molecule has 11 heteroatoms. The number of nitro benzene ring substituents is 3. The fraction of sp³-hybridized carbons (Fsp3) is 0.250. The largest absolute Gasteiger partial charge is 0.392 e. The van der Waals surface area contributed by atoms with E-state index in [1.54, 1.807) is 0 Å². The van der Waals surface area contributed by atoms with Crippen molar-refractivity contribution in [3.05, 3.63) is 42.5 Å². The monoisotopic (exact) mass is 272 g/mol. The molecule has 102 valence electrons. The number of hydrogen-bond acceptors (Lipinski definition) is 8. The van der Waals surface area contributed by atoms with Gasteiger partial charge >= 0.3 is 17.1 Å². The minimum absolute atomic E-state index is 0.603. The summed E-state index contributed by atoms with van der Waals surface area (Å²) in [5.74, 6) is -0.661. The summed E-state index contributed by atoms with van der Waals surface area (Å²) in [4.78, 5) is 34.2. The molecule has 0 saturated carbocycles. The average Bonchev–Trinajstić information content (AvgIpc) is 2.27. The molecule has 0 saturated heterocycles. The van der Waals surface area contributed by atoms with Crippen molar-refractivity contribution in [3.63, 3.8) is 0 Å². The van der Waals surface area contributed by atoms with E-state index in [4.69, 9.17) is 4.84 Å². The second-order valence-corrected chi connectivity index (χ2v) is 3.49. The second kappa shape index (κ2) is 5.22. The quantitative estimate of drug-likeness (QED) is 0.575. The number of nitrogens with zero attached hydrogens (tertiary/aromatic N) is 4. The van der Waals surface area contributed by atoms with E-state index < -0.39 is 37.6 Å². The van der Waals surface area contributed by atoms with Crippen LogP contribution in [0.4, 0.5) is 17.1 Å². The topological polar surface area (TPSA) is 142 Å². The van der Waals surface area contributed by atoms with Crippen LogP contribution in [-0.4, -0.2) is 33.9 Å². The second-order valence-electron chi connectivity index (χ2n) is 3.49. The zero-order valence-corrected chi connectivity index (χ0v) is 9.80. The highest BCUT2D eigenvalue weighted by Crippen LogP contribution is 2.40. The fourth-order valence-electron chi connectivity index (χ4n) is 1.24. The normalized spacial score (nSPS) is 10.3. The van der Waals surface area contributed by atoms with Crippen molar-refractivity contribution in [2.24, 2.45) is 0 Å². The standard InChI is InChI=1S/C8H8N4O7/c1-9(2)19-8-6(11(15)16)3-5(10(13)14)4-7(8)12(17)18/h3-4H,1-2H3. The first-order valence-electron chi connectivity index (χ1n) is 4.70. The van der Waals surface area contributed by atoms with Gasteiger partial charge in [0.2, 0.25) is 0 Å². The predicted molar refractivity (Wildman–Crippen MR) is 60.7 cm³/mol. The van der Waals surface area contributed by atoms with Gasteiger partial charge in [-0.3, -0.25) is 30.3 Å². The zero-order chi connectivity index (χ0) is 14.7. The van der Waals surface area contributed by atoms with Crippen molar-refractivity contribution in [2.45, 2.75) is 0 Å². The van der Waals surface area contributed by atoms with E-state index in [9.17, 15) is 30.3 Å². The molecule has 0 heterocycles. The Kier molecular flexibility index (Phi) is 3.91. The summed E-state index contributed by atoms with van der Waals surface area (Å²) in [5, 5.41) is 33.2. The number of non-ortho nitro benzene ring substituents is 1. The highest BCUT2D eigenvalue weighted by atomic mass is 16.7. The molecule has 0 N–H and O–H groups in total. The number of hydroxylamine groups is 2. The van der Waals surface area contributed by atoms with Crippen LogP contribution in [0, 0.1) is 30.3 Å². The molecule has 0 aliphatic heterocycles. The van der Waals surface area contributed by atoms with Gasteiger partial charge in [-0.1, -0.05) is 0 Å². The first-order chi connectivity index (χ1) is 8.73. The van der Waals surface area contributed by atoms with Gasteiger partial charge < -0.3 is 4.84 Å². The smallest absolute Gasteiger partial charge is 0.327 e. The van der Waals surface area contributed by atoms with E-state index in [1.807, 2.05) is 0 Å². The Morgan fingerprint density at radius 1 is 0.947 bits per heavy atom. The van der Waals surface area contributed by atoms with Crippen LogP contribution in [0.15, 0.2) is 12.1 Å². The average molecular weight is 272 g/mol. The number of rotatable bonds is 5. The van der Waals surface area contributed by atoms with Gasteiger partial charge in [-0.25, -0.2) is 0 Å². The van der Waals surface area contributed by atoms with Crippen LogP contribution in [0.3, 0.4) is 0 Å². The Bertz CT molecular complexity index is 521. The SMILES string of the molecule is CN(C)Oc1c([N+](=O)[O-])cc([N+](=O)[O-])cc1[N+](=O)[O-]. The van der Waals surface area contributed by atoms with Crippen LogP contribution in [-0.2, 0) is 0 Å². The molecule has 19 heavy (non-hydrogen) atoms. The van der Waals surface area contributed by atoms with E-state index >= 15 is 0 Å². The minimum Gasteiger partial charge on any atom is -0.392 e. The van der Waals surface area contributed by atoms with Gasteiger partial charge in [0.05, 0.1) is 26.9 Å². The molecular weight excluding hydrogens is 264 g/mol. The summed E-state index contributed by atoms with van der Waals surface area (Å²) in [6, 6.07) is 1.21. The third kappa shape index (κ3) is 3.10. The highest BCUT2D eigenvalue weighted by molar-refractivity contribution is 5.65. The van der Waals surface area contributed by atoms with Gasteiger partial charge in [0.15, 0.2) is 0 Å². The molecule has 0 amide bonds. The van der Waals surface area contributed by atoms with Crippen LogP contribution in [0.2, 0.25) is 0 Å². The third-order valence-corrected chi connectivity index (χ3v) is 1.91. The predicted octanol–water partition coefficient (Wildman–Crippen LogP) is 1.27. The highest BCUT2D eigenvalue weighted by Gasteiger charge is 2.33. The fourth-order valence-corrected chi connectivity index (χ4v) is 1.24. The molecule has 0 spiro atoms. The van der Waals surface area contributed by atoms with Crippen molar-refractivity contribution in [1.82, 2.24) is 5.06 Å². The first-order valence-corrected chi connectivity index (χ1v) is 4.70. The summed E-state index contributed by atoms with van der Waals surface area (Å²) in [7, 11) is 2.71. The maximum atomic E-state index is 10.8. The Balaban J connectivity index is 3.60. The van der Waals surface area contributed by atoms with Crippen LogP contribution in [0.5, 0.6) is 5.75 Å². The molecule has 0 unspecified atom stereocenters. The summed E-state index contributed by atoms with van der Waals surface area (Å²) in [5.41, 5.74) is -2.46.